The van der Waals surface area contributed by atoms with Crippen LogP contribution in [0.25, 0.3) is 10.9 Å². The van der Waals surface area contributed by atoms with E-state index < -0.39 is 10.1 Å². The Kier molecular flexibility index (Phi) is 4.35. The highest BCUT2D eigenvalue weighted by molar-refractivity contribution is 7.98. The Morgan fingerprint density at radius 2 is 1.88 bits per heavy atom. The fourth-order valence-electron chi connectivity index (χ4n) is 3.27. The van der Waals surface area contributed by atoms with Gasteiger partial charge in [-0.1, -0.05) is 11.6 Å². The summed E-state index contributed by atoms with van der Waals surface area (Å²) in [5.41, 5.74) is 2.99. The van der Waals surface area contributed by atoms with Crippen molar-refractivity contribution in [2.45, 2.75) is 17.1 Å². The van der Waals surface area contributed by atoms with Crippen molar-refractivity contribution in [1.82, 2.24) is 4.57 Å². The lowest BCUT2D eigenvalue weighted by Gasteiger charge is -2.15. The minimum Gasteiger partial charge on any atom is -0.282 e. The van der Waals surface area contributed by atoms with E-state index in [2.05, 4.69) is 0 Å². The van der Waals surface area contributed by atoms with Gasteiger partial charge in [-0.15, -0.1) is 0 Å². The molecule has 0 aliphatic carbocycles. The van der Waals surface area contributed by atoms with Crippen LogP contribution in [0.3, 0.4) is 0 Å². The van der Waals surface area contributed by atoms with Crippen LogP contribution in [-0.2, 0) is 22.3 Å². The SMILES string of the molecule is O=C(c1ccc(Cl)cc1)n1c2c(c3cc(S(=O)(=O)O)ccc31)CSCC2. The van der Waals surface area contributed by atoms with Gasteiger partial charge in [0.1, 0.15) is 0 Å². The topological polar surface area (TPSA) is 76.4 Å². The van der Waals surface area contributed by atoms with Crippen molar-refractivity contribution in [1.29, 1.82) is 0 Å². The Balaban J connectivity index is 1.97. The van der Waals surface area contributed by atoms with Crippen molar-refractivity contribution in [3.63, 3.8) is 0 Å². The highest BCUT2D eigenvalue weighted by Crippen LogP contribution is 2.35. The van der Waals surface area contributed by atoms with Crippen LogP contribution in [-0.4, -0.2) is 29.2 Å². The van der Waals surface area contributed by atoms with E-state index in [1.54, 1.807) is 46.7 Å². The minimum absolute atomic E-state index is 0.167. The number of fused-ring (bicyclic) bond motifs is 3. The molecule has 0 spiro atoms. The molecule has 0 saturated heterocycles. The summed E-state index contributed by atoms with van der Waals surface area (Å²) in [6, 6.07) is 11.0. The molecule has 0 fully saturated rings. The molecule has 4 rings (SSSR count). The molecule has 26 heavy (non-hydrogen) atoms. The first-order valence-corrected chi connectivity index (χ1v) is 10.9. The number of hydrogen-bond donors (Lipinski definition) is 1. The van der Waals surface area contributed by atoms with Crippen LogP contribution in [0.2, 0.25) is 5.02 Å². The maximum Gasteiger partial charge on any atom is 0.294 e. The first-order chi connectivity index (χ1) is 12.4. The molecule has 0 atom stereocenters. The Labute approximate surface area is 159 Å². The Hall–Kier alpha value is -1.80. The molecular formula is C18H14ClNO4S2. The molecule has 0 radical (unpaired) electrons. The second-order valence-corrected chi connectivity index (χ2v) is 8.99. The second-order valence-electron chi connectivity index (χ2n) is 6.03. The van der Waals surface area contributed by atoms with Crippen LogP contribution >= 0.6 is 23.4 Å². The first kappa shape index (κ1) is 17.6. The first-order valence-electron chi connectivity index (χ1n) is 7.88. The van der Waals surface area contributed by atoms with E-state index in [4.69, 9.17) is 11.6 Å². The summed E-state index contributed by atoms with van der Waals surface area (Å²) >= 11 is 7.64. The molecule has 1 aliphatic heterocycles. The number of rotatable bonds is 2. The summed E-state index contributed by atoms with van der Waals surface area (Å²) in [6.45, 7) is 0. The summed E-state index contributed by atoms with van der Waals surface area (Å²) < 4.78 is 34.0. The molecule has 1 aromatic heterocycles. The number of carbonyl (C=O) groups is 1. The van der Waals surface area contributed by atoms with Gasteiger partial charge in [0.05, 0.1) is 10.4 Å². The quantitative estimate of drug-likeness (QED) is 0.649. The van der Waals surface area contributed by atoms with Gasteiger partial charge < -0.3 is 0 Å². The molecule has 1 N–H and O–H groups in total. The highest BCUT2D eigenvalue weighted by Gasteiger charge is 2.25. The number of thioether (sulfide) groups is 1. The Morgan fingerprint density at radius 1 is 1.15 bits per heavy atom. The number of halogens is 1. The molecule has 2 aromatic carbocycles. The van der Waals surface area contributed by atoms with Crippen molar-refractivity contribution >= 4 is 50.3 Å². The smallest absolute Gasteiger partial charge is 0.282 e. The normalized spacial score (nSPS) is 14.4. The summed E-state index contributed by atoms with van der Waals surface area (Å²) in [5, 5.41) is 1.24. The van der Waals surface area contributed by atoms with E-state index in [9.17, 15) is 17.8 Å². The number of hydrogen-bond acceptors (Lipinski definition) is 4. The van der Waals surface area contributed by atoms with Crippen LogP contribution in [0.4, 0.5) is 0 Å². The van der Waals surface area contributed by atoms with E-state index in [-0.39, 0.29) is 10.8 Å². The van der Waals surface area contributed by atoms with Crippen molar-refractivity contribution in [2.24, 2.45) is 0 Å². The van der Waals surface area contributed by atoms with Crippen molar-refractivity contribution in [2.75, 3.05) is 5.75 Å². The molecule has 0 unspecified atom stereocenters. The second kappa shape index (κ2) is 6.42. The van der Waals surface area contributed by atoms with Gasteiger partial charge in [-0.05, 0) is 60.2 Å². The van der Waals surface area contributed by atoms with Crippen LogP contribution < -0.4 is 0 Å². The summed E-state index contributed by atoms with van der Waals surface area (Å²) in [5.74, 6) is 1.41. The fraction of sp³-hybridized carbons (Fsp3) is 0.167. The lowest BCUT2D eigenvalue weighted by Crippen LogP contribution is -2.17. The van der Waals surface area contributed by atoms with E-state index in [0.717, 1.165) is 23.4 Å². The maximum absolute atomic E-state index is 13.1. The third-order valence-electron chi connectivity index (χ3n) is 4.47. The molecule has 2 heterocycles. The van der Waals surface area contributed by atoms with E-state index >= 15 is 0 Å². The maximum atomic E-state index is 13.1. The third-order valence-corrected chi connectivity index (χ3v) is 6.56. The molecule has 0 saturated carbocycles. The molecule has 0 amide bonds. The molecule has 8 heteroatoms. The Morgan fingerprint density at radius 3 is 2.58 bits per heavy atom. The van der Waals surface area contributed by atoms with Crippen LogP contribution in [0.5, 0.6) is 0 Å². The van der Waals surface area contributed by atoms with Gasteiger partial charge in [0, 0.05) is 27.4 Å². The fourth-order valence-corrected chi connectivity index (χ4v) is 4.91. The predicted octanol–water partition coefficient (Wildman–Crippen LogP) is 4.02. The Bertz CT molecular complexity index is 1130. The summed E-state index contributed by atoms with van der Waals surface area (Å²) in [4.78, 5) is 13.0. The van der Waals surface area contributed by atoms with Crippen molar-refractivity contribution < 1.29 is 17.8 Å². The molecule has 0 bridgehead atoms. The average molecular weight is 408 g/mol. The molecule has 3 aromatic rings. The zero-order valence-electron chi connectivity index (χ0n) is 13.5. The number of aromatic nitrogens is 1. The minimum atomic E-state index is -4.30. The van der Waals surface area contributed by atoms with Crippen LogP contribution in [0.15, 0.2) is 47.4 Å². The monoisotopic (exact) mass is 407 g/mol. The van der Waals surface area contributed by atoms with Gasteiger partial charge >= 0.3 is 0 Å². The predicted molar refractivity (Wildman–Crippen MR) is 103 cm³/mol. The van der Waals surface area contributed by atoms with Gasteiger partial charge in [-0.25, -0.2) is 0 Å². The van der Waals surface area contributed by atoms with Crippen molar-refractivity contribution in [3.8, 4) is 0 Å². The lowest BCUT2D eigenvalue weighted by atomic mass is 10.1. The van der Waals surface area contributed by atoms with E-state index in [0.29, 0.717) is 27.2 Å². The zero-order valence-corrected chi connectivity index (χ0v) is 15.9. The average Bonchev–Trinajstić information content (AvgIpc) is 2.95. The molecule has 134 valence electrons. The van der Waals surface area contributed by atoms with Gasteiger partial charge in [0.25, 0.3) is 16.0 Å². The standard InChI is InChI=1S/C18H14ClNO4S2/c19-12-3-1-11(2-4-12)18(21)20-16-6-5-13(26(22,23)24)9-14(16)15-10-25-8-7-17(15)20/h1-6,9H,7-8,10H2,(H,22,23,24). The molecular weight excluding hydrogens is 394 g/mol. The van der Waals surface area contributed by atoms with Crippen LogP contribution in [0, 0.1) is 0 Å². The summed E-state index contributed by atoms with van der Waals surface area (Å²) in [6.07, 6.45) is 0.717. The van der Waals surface area contributed by atoms with Gasteiger partial charge in [0.15, 0.2) is 0 Å². The summed E-state index contributed by atoms with van der Waals surface area (Å²) in [7, 11) is -4.30. The number of carbonyl (C=O) groups excluding carboxylic acids is 1. The highest BCUT2D eigenvalue weighted by atomic mass is 35.5. The van der Waals surface area contributed by atoms with Crippen LogP contribution in [0.1, 0.15) is 21.6 Å². The van der Waals surface area contributed by atoms with Gasteiger partial charge in [-0.2, -0.15) is 20.2 Å². The molecule has 1 aliphatic rings. The van der Waals surface area contributed by atoms with E-state index in [1.807, 2.05) is 0 Å². The van der Waals surface area contributed by atoms with Gasteiger partial charge in [0.2, 0.25) is 0 Å². The third kappa shape index (κ3) is 2.95. The lowest BCUT2D eigenvalue weighted by molar-refractivity contribution is 0.0962. The van der Waals surface area contributed by atoms with Crippen molar-refractivity contribution in [3.05, 3.63) is 64.3 Å². The zero-order chi connectivity index (χ0) is 18.5. The van der Waals surface area contributed by atoms with Gasteiger partial charge in [-0.3, -0.25) is 13.9 Å². The number of nitrogens with zero attached hydrogens (tertiary/aromatic N) is 1. The van der Waals surface area contributed by atoms with E-state index in [1.165, 1.54) is 12.1 Å². The molecule has 5 nitrogen and oxygen atoms in total. The largest absolute Gasteiger partial charge is 0.294 e. The number of benzene rings is 2.